The number of halogens is 1. The molecule has 2 aromatic heterocycles. The van der Waals surface area contributed by atoms with Gasteiger partial charge in [-0.05, 0) is 23.8 Å². The van der Waals surface area contributed by atoms with E-state index < -0.39 is 0 Å². The van der Waals surface area contributed by atoms with E-state index in [1.165, 1.54) is 0 Å². The first kappa shape index (κ1) is 11.2. The van der Waals surface area contributed by atoms with Crippen LogP contribution >= 0.6 is 15.9 Å². The van der Waals surface area contributed by atoms with Gasteiger partial charge in [0.05, 0.1) is 12.7 Å². The number of rotatable bonds is 2. The smallest absolute Gasteiger partial charge is 0.276 e. The minimum Gasteiger partial charge on any atom is -0.308 e. The van der Waals surface area contributed by atoms with Crippen LogP contribution in [-0.2, 0) is 6.54 Å². The van der Waals surface area contributed by atoms with Gasteiger partial charge < -0.3 is 4.57 Å². The maximum atomic E-state index is 12.2. The van der Waals surface area contributed by atoms with Crippen molar-refractivity contribution in [3.8, 4) is 0 Å². The lowest BCUT2D eigenvalue weighted by Gasteiger charge is -2.06. The second-order valence-corrected chi connectivity index (χ2v) is 4.93. The highest BCUT2D eigenvalue weighted by molar-refractivity contribution is 9.10. The average molecular weight is 304 g/mol. The van der Waals surface area contributed by atoms with Gasteiger partial charge in [-0.25, -0.2) is 4.52 Å². The third-order valence-corrected chi connectivity index (χ3v) is 3.33. The maximum Gasteiger partial charge on any atom is 0.276 e. The second-order valence-electron chi connectivity index (χ2n) is 4.02. The van der Waals surface area contributed by atoms with Gasteiger partial charge in [-0.3, -0.25) is 4.79 Å². The van der Waals surface area contributed by atoms with Crippen molar-refractivity contribution in [2.75, 3.05) is 0 Å². The number of hydrogen-bond acceptors (Lipinski definition) is 2. The predicted octanol–water partition coefficient (Wildman–Crippen LogP) is 2.31. The van der Waals surface area contributed by atoms with Gasteiger partial charge in [0.1, 0.15) is 5.52 Å². The van der Waals surface area contributed by atoms with Crippen LogP contribution in [-0.4, -0.2) is 14.2 Å². The zero-order valence-corrected chi connectivity index (χ0v) is 11.0. The molecule has 5 heteroatoms. The molecule has 0 spiro atoms. The largest absolute Gasteiger partial charge is 0.308 e. The lowest BCUT2D eigenvalue weighted by atomic mass is 10.2. The standard InChI is InChI=1S/C13H10BrN3O/c14-11-3-1-10(2-4-11)9-16-7-8-17-12(13(16)18)5-6-15-17/h1-8H,9H2. The van der Waals surface area contributed by atoms with Crippen LogP contribution in [0.3, 0.4) is 0 Å². The van der Waals surface area contributed by atoms with Crippen molar-refractivity contribution in [3.63, 3.8) is 0 Å². The molecule has 0 amide bonds. The molecule has 3 rings (SSSR count). The summed E-state index contributed by atoms with van der Waals surface area (Å²) in [5, 5.41) is 4.04. The first-order valence-electron chi connectivity index (χ1n) is 5.51. The summed E-state index contributed by atoms with van der Waals surface area (Å²) >= 11 is 3.39. The first-order chi connectivity index (χ1) is 8.74. The van der Waals surface area contributed by atoms with Crippen LogP contribution in [0.25, 0.3) is 5.52 Å². The van der Waals surface area contributed by atoms with E-state index in [2.05, 4.69) is 21.0 Å². The van der Waals surface area contributed by atoms with Gasteiger partial charge in [0.25, 0.3) is 5.56 Å². The Morgan fingerprint density at radius 3 is 2.67 bits per heavy atom. The summed E-state index contributed by atoms with van der Waals surface area (Å²) in [6, 6.07) is 9.66. The van der Waals surface area contributed by atoms with Gasteiger partial charge in [-0.15, -0.1) is 0 Å². The average Bonchev–Trinajstić information content (AvgIpc) is 2.84. The minimum absolute atomic E-state index is 0.0297. The van der Waals surface area contributed by atoms with Crippen molar-refractivity contribution >= 4 is 21.4 Å². The van der Waals surface area contributed by atoms with Crippen molar-refractivity contribution in [2.24, 2.45) is 0 Å². The highest BCUT2D eigenvalue weighted by atomic mass is 79.9. The third kappa shape index (κ3) is 1.97. The van der Waals surface area contributed by atoms with E-state index in [0.717, 1.165) is 10.0 Å². The molecule has 0 fully saturated rings. The molecule has 0 radical (unpaired) electrons. The second kappa shape index (κ2) is 4.42. The fourth-order valence-corrected chi connectivity index (χ4v) is 2.14. The number of benzene rings is 1. The summed E-state index contributed by atoms with van der Waals surface area (Å²) in [7, 11) is 0. The van der Waals surface area contributed by atoms with Gasteiger partial charge in [-0.2, -0.15) is 5.10 Å². The summed E-state index contributed by atoms with van der Waals surface area (Å²) in [6.07, 6.45) is 5.17. The summed E-state index contributed by atoms with van der Waals surface area (Å²) in [6.45, 7) is 0.563. The van der Waals surface area contributed by atoms with Crippen LogP contribution in [0, 0.1) is 0 Å². The predicted molar refractivity (Wildman–Crippen MR) is 72.7 cm³/mol. The molecular formula is C13H10BrN3O. The van der Waals surface area contributed by atoms with Crippen LogP contribution in [0.1, 0.15) is 5.56 Å². The van der Waals surface area contributed by atoms with Crippen LogP contribution < -0.4 is 5.56 Å². The third-order valence-electron chi connectivity index (χ3n) is 2.80. The van der Waals surface area contributed by atoms with Crippen LogP contribution in [0.4, 0.5) is 0 Å². The summed E-state index contributed by atoms with van der Waals surface area (Å²) < 4.78 is 4.30. The Morgan fingerprint density at radius 1 is 1.11 bits per heavy atom. The number of fused-ring (bicyclic) bond motifs is 1. The molecule has 0 saturated carbocycles. The fraction of sp³-hybridized carbons (Fsp3) is 0.0769. The molecule has 0 aliphatic carbocycles. The van der Waals surface area contributed by atoms with E-state index >= 15 is 0 Å². The van der Waals surface area contributed by atoms with Gasteiger partial charge in [0.2, 0.25) is 0 Å². The van der Waals surface area contributed by atoms with Crippen molar-refractivity contribution < 1.29 is 0 Å². The molecule has 0 N–H and O–H groups in total. The minimum atomic E-state index is -0.0297. The summed E-state index contributed by atoms with van der Waals surface area (Å²) in [5.74, 6) is 0. The highest BCUT2D eigenvalue weighted by Crippen LogP contribution is 2.11. The zero-order chi connectivity index (χ0) is 12.5. The Kier molecular flexibility index (Phi) is 2.76. The number of hydrogen-bond donors (Lipinski definition) is 0. The molecule has 4 nitrogen and oxygen atoms in total. The number of aromatic nitrogens is 3. The van der Waals surface area contributed by atoms with Crippen molar-refractivity contribution in [3.05, 3.63) is 69.3 Å². The van der Waals surface area contributed by atoms with Crippen molar-refractivity contribution in [2.45, 2.75) is 6.54 Å². The summed E-state index contributed by atoms with van der Waals surface area (Å²) in [4.78, 5) is 12.2. The Balaban J connectivity index is 2.02. The van der Waals surface area contributed by atoms with Crippen molar-refractivity contribution in [1.82, 2.24) is 14.2 Å². The quantitative estimate of drug-likeness (QED) is 0.729. The maximum absolute atomic E-state index is 12.2. The Hall–Kier alpha value is -1.88. The van der Waals surface area contributed by atoms with Crippen LogP contribution in [0.2, 0.25) is 0 Å². The molecule has 1 aromatic carbocycles. The van der Waals surface area contributed by atoms with E-state index in [0.29, 0.717) is 12.1 Å². The van der Waals surface area contributed by atoms with Gasteiger partial charge in [-0.1, -0.05) is 28.1 Å². The molecule has 0 atom stereocenters. The van der Waals surface area contributed by atoms with Gasteiger partial charge >= 0.3 is 0 Å². The van der Waals surface area contributed by atoms with Gasteiger partial charge in [0.15, 0.2) is 0 Å². The monoisotopic (exact) mass is 303 g/mol. The number of nitrogens with zero attached hydrogens (tertiary/aromatic N) is 3. The zero-order valence-electron chi connectivity index (χ0n) is 9.45. The fourth-order valence-electron chi connectivity index (χ4n) is 1.87. The summed E-state index contributed by atoms with van der Waals surface area (Å²) in [5.41, 5.74) is 1.65. The van der Waals surface area contributed by atoms with E-state index in [9.17, 15) is 4.79 Å². The molecule has 2 heterocycles. The lowest BCUT2D eigenvalue weighted by molar-refractivity contribution is 0.743. The molecule has 0 unspecified atom stereocenters. The van der Waals surface area contributed by atoms with E-state index in [1.54, 1.807) is 33.7 Å². The highest BCUT2D eigenvalue weighted by Gasteiger charge is 2.03. The normalized spacial score (nSPS) is 10.9. The van der Waals surface area contributed by atoms with E-state index in [1.807, 2.05) is 24.3 Å². The molecule has 0 aliphatic heterocycles. The molecule has 3 aromatic rings. The SMILES string of the molecule is O=c1c2ccnn2ccn1Cc1ccc(Br)cc1. The molecule has 0 aliphatic rings. The van der Waals surface area contributed by atoms with E-state index in [-0.39, 0.29) is 5.56 Å². The topological polar surface area (TPSA) is 39.3 Å². The molecule has 0 saturated heterocycles. The van der Waals surface area contributed by atoms with Crippen molar-refractivity contribution in [1.29, 1.82) is 0 Å². The van der Waals surface area contributed by atoms with Crippen LogP contribution in [0.5, 0.6) is 0 Å². The molecular weight excluding hydrogens is 294 g/mol. The lowest BCUT2D eigenvalue weighted by Crippen LogP contribution is -2.21. The first-order valence-corrected chi connectivity index (χ1v) is 6.30. The molecule has 0 bridgehead atoms. The Bertz CT molecular complexity index is 743. The van der Waals surface area contributed by atoms with E-state index in [4.69, 9.17) is 0 Å². The Morgan fingerprint density at radius 2 is 1.89 bits per heavy atom. The molecule has 90 valence electrons. The Labute approximate surface area is 112 Å². The molecule has 18 heavy (non-hydrogen) atoms. The van der Waals surface area contributed by atoms with Crippen LogP contribution in [0.15, 0.2) is 58.2 Å². The van der Waals surface area contributed by atoms with Gasteiger partial charge in [0, 0.05) is 16.9 Å².